The summed E-state index contributed by atoms with van der Waals surface area (Å²) in [6.07, 6.45) is 2.69. The molecule has 1 N–H and O–H groups in total. The van der Waals surface area contributed by atoms with E-state index in [1.807, 2.05) is 36.9 Å². The fourth-order valence-electron chi connectivity index (χ4n) is 3.82. The quantitative estimate of drug-likeness (QED) is 0.859. The lowest BCUT2D eigenvalue weighted by Gasteiger charge is -2.37. The van der Waals surface area contributed by atoms with Gasteiger partial charge in [-0.2, -0.15) is 0 Å². The van der Waals surface area contributed by atoms with E-state index in [0.29, 0.717) is 31.9 Å². The van der Waals surface area contributed by atoms with Crippen molar-refractivity contribution in [3.63, 3.8) is 0 Å². The van der Waals surface area contributed by atoms with Gasteiger partial charge >= 0.3 is 0 Å². The molecule has 1 aromatic rings. The SMILES string of the molecule is C[C@@H]1CN(C(=O)c2ccc3c(c2)NC(C)(COCC2CC2)CO3)C[C@H](C)O1. The summed E-state index contributed by atoms with van der Waals surface area (Å²) in [5.74, 6) is 1.57. The van der Waals surface area contributed by atoms with Crippen molar-refractivity contribution in [1.82, 2.24) is 4.90 Å². The number of hydrogen-bond acceptors (Lipinski definition) is 5. The monoisotopic (exact) mass is 374 g/mol. The first-order valence-corrected chi connectivity index (χ1v) is 9.99. The van der Waals surface area contributed by atoms with Gasteiger partial charge in [0.2, 0.25) is 0 Å². The van der Waals surface area contributed by atoms with Crippen LogP contribution in [-0.2, 0) is 9.47 Å². The first-order valence-electron chi connectivity index (χ1n) is 9.99. The minimum atomic E-state index is -0.286. The van der Waals surface area contributed by atoms with Crippen molar-refractivity contribution in [2.75, 3.05) is 38.2 Å². The van der Waals surface area contributed by atoms with Crippen LogP contribution in [0.5, 0.6) is 5.75 Å². The van der Waals surface area contributed by atoms with Crippen molar-refractivity contribution in [1.29, 1.82) is 0 Å². The van der Waals surface area contributed by atoms with Crippen molar-refractivity contribution in [3.8, 4) is 5.75 Å². The number of amides is 1. The zero-order chi connectivity index (χ0) is 19.0. The summed E-state index contributed by atoms with van der Waals surface area (Å²) in [5.41, 5.74) is 1.25. The lowest BCUT2D eigenvalue weighted by atomic mass is 10.0. The highest BCUT2D eigenvalue weighted by molar-refractivity contribution is 5.96. The molecule has 6 nitrogen and oxygen atoms in total. The zero-order valence-corrected chi connectivity index (χ0v) is 16.5. The summed E-state index contributed by atoms with van der Waals surface area (Å²) in [6.45, 7) is 9.33. The van der Waals surface area contributed by atoms with Crippen LogP contribution in [0.2, 0.25) is 0 Å². The summed E-state index contributed by atoms with van der Waals surface area (Å²) in [4.78, 5) is 14.8. The van der Waals surface area contributed by atoms with Crippen molar-refractivity contribution >= 4 is 11.6 Å². The standard InChI is InChI=1S/C21H30N2O4/c1-14-9-23(10-15(2)27-14)20(24)17-6-7-19-18(8-17)22-21(3,13-26-19)12-25-11-16-4-5-16/h6-8,14-16,22H,4-5,9-13H2,1-3H3/t14-,15+,21?. The summed E-state index contributed by atoms with van der Waals surface area (Å²) in [7, 11) is 0. The van der Waals surface area contributed by atoms with Gasteiger partial charge in [0, 0.05) is 25.3 Å². The molecule has 1 aromatic carbocycles. The number of carbonyl (C=O) groups is 1. The molecular weight excluding hydrogens is 344 g/mol. The maximum Gasteiger partial charge on any atom is 0.254 e. The predicted molar refractivity (Wildman–Crippen MR) is 103 cm³/mol. The second kappa shape index (κ2) is 7.32. The van der Waals surface area contributed by atoms with Gasteiger partial charge in [0.1, 0.15) is 12.4 Å². The number of fused-ring (bicyclic) bond motifs is 1. The Balaban J connectivity index is 1.44. The zero-order valence-electron chi connectivity index (χ0n) is 16.5. The lowest BCUT2D eigenvalue weighted by molar-refractivity contribution is -0.0586. The molecule has 3 atom stereocenters. The number of morpholine rings is 1. The Morgan fingerprint density at radius 2 is 2.04 bits per heavy atom. The van der Waals surface area contributed by atoms with Crippen LogP contribution in [0.3, 0.4) is 0 Å². The number of benzene rings is 1. The normalized spacial score (nSPS) is 30.3. The molecule has 1 amide bonds. The number of carbonyl (C=O) groups excluding carboxylic acids is 1. The van der Waals surface area contributed by atoms with Crippen LogP contribution >= 0.6 is 0 Å². The molecule has 1 aliphatic carbocycles. The van der Waals surface area contributed by atoms with Crippen molar-refractivity contribution in [3.05, 3.63) is 23.8 Å². The molecule has 0 spiro atoms. The van der Waals surface area contributed by atoms with Gasteiger partial charge in [-0.3, -0.25) is 4.79 Å². The van der Waals surface area contributed by atoms with Crippen LogP contribution in [-0.4, -0.2) is 61.5 Å². The highest BCUT2D eigenvalue weighted by Crippen LogP contribution is 2.35. The number of nitrogens with one attached hydrogen (secondary N) is 1. The third-order valence-corrected chi connectivity index (χ3v) is 5.39. The Morgan fingerprint density at radius 3 is 2.74 bits per heavy atom. The molecule has 4 rings (SSSR count). The van der Waals surface area contributed by atoms with E-state index >= 15 is 0 Å². The van der Waals surface area contributed by atoms with Crippen LogP contribution in [0.15, 0.2) is 18.2 Å². The summed E-state index contributed by atoms with van der Waals surface area (Å²) < 4.78 is 17.6. The second-order valence-corrected chi connectivity index (χ2v) is 8.61. The number of ether oxygens (including phenoxy) is 3. The first-order chi connectivity index (χ1) is 12.9. The highest BCUT2D eigenvalue weighted by atomic mass is 16.5. The third-order valence-electron chi connectivity index (χ3n) is 5.39. The van der Waals surface area contributed by atoms with Crippen LogP contribution in [0.4, 0.5) is 5.69 Å². The molecule has 1 saturated carbocycles. The van der Waals surface area contributed by atoms with Gasteiger partial charge in [0.15, 0.2) is 0 Å². The van der Waals surface area contributed by atoms with E-state index < -0.39 is 0 Å². The van der Waals surface area contributed by atoms with E-state index in [1.54, 1.807) is 0 Å². The number of anilines is 1. The summed E-state index contributed by atoms with van der Waals surface area (Å²) in [5, 5.41) is 3.54. The van der Waals surface area contributed by atoms with Gasteiger partial charge in [0.25, 0.3) is 5.91 Å². The highest BCUT2D eigenvalue weighted by Gasteiger charge is 2.33. The van der Waals surface area contributed by atoms with Gasteiger partial charge in [-0.25, -0.2) is 0 Å². The maximum absolute atomic E-state index is 13.0. The molecule has 27 heavy (non-hydrogen) atoms. The van der Waals surface area contributed by atoms with Crippen molar-refractivity contribution in [2.45, 2.75) is 51.4 Å². The van der Waals surface area contributed by atoms with Crippen molar-refractivity contribution in [2.24, 2.45) is 5.92 Å². The fourth-order valence-corrected chi connectivity index (χ4v) is 3.82. The molecule has 0 radical (unpaired) electrons. The average Bonchev–Trinajstić information content (AvgIpc) is 3.44. The molecule has 1 saturated heterocycles. The van der Waals surface area contributed by atoms with Crippen LogP contribution in [0.25, 0.3) is 0 Å². The van der Waals surface area contributed by atoms with Crippen LogP contribution in [0.1, 0.15) is 44.0 Å². The molecule has 2 aliphatic heterocycles. The van der Waals surface area contributed by atoms with Crippen LogP contribution < -0.4 is 10.1 Å². The molecule has 148 valence electrons. The van der Waals surface area contributed by atoms with Gasteiger partial charge in [-0.1, -0.05) is 0 Å². The Kier molecular flexibility index (Phi) is 5.03. The van der Waals surface area contributed by atoms with E-state index in [-0.39, 0.29) is 23.7 Å². The molecule has 2 heterocycles. The molecule has 6 heteroatoms. The average molecular weight is 374 g/mol. The first kappa shape index (κ1) is 18.6. The van der Waals surface area contributed by atoms with Gasteiger partial charge in [0.05, 0.1) is 30.0 Å². The Labute approximate surface area is 161 Å². The number of rotatable bonds is 5. The van der Waals surface area contributed by atoms with Gasteiger partial charge in [-0.05, 0) is 57.7 Å². The fraction of sp³-hybridized carbons (Fsp3) is 0.667. The largest absolute Gasteiger partial charge is 0.489 e. The molecule has 0 bridgehead atoms. The van der Waals surface area contributed by atoms with Gasteiger partial charge < -0.3 is 24.4 Å². The molecule has 3 aliphatic rings. The van der Waals surface area contributed by atoms with E-state index in [9.17, 15) is 4.79 Å². The Bertz CT molecular complexity index is 695. The number of nitrogens with zero attached hydrogens (tertiary/aromatic N) is 1. The molecule has 2 fully saturated rings. The number of hydrogen-bond donors (Lipinski definition) is 1. The summed E-state index contributed by atoms with van der Waals surface area (Å²) in [6, 6.07) is 5.63. The van der Waals surface area contributed by atoms with Gasteiger partial charge in [-0.15, -0.1) is 0 Å². The second-order valence-electron chi connectivity index (χ2n) is 8.61. The van der Waals surface area contributed by atoms with Crippen LogP contribution in [0, 0.1) is 5.92 Å². The van der Waals surface area contributed by atoms with Crippen molar-refractivity contribution < 1.29 is 19.0 Å². The Morgan fingerprint density at radius 1 is 1.30 bits per heavy atom. The Hall–Kier alpha value is -1.79. The van der Waals surface area contributed by atoms with E-state index in [4.69, 9.17) is 14.2 Å². The van der Waals surface area contributed by atoms with E-state index in [2.05, 4.69) is 12.2 Å². The van der Waals surface area contributed by atoms with E-state index in [1.165, 1.54) is 12.8 Å². The predicted octanol–water partition coefficient (Wildman–Crippen LogP) is 2.93. The summed E-state index contributed by atoms with van der Waals surface area (Å²) >= 11 is 0. The smallest absolute Gasteiger partial charge is 0.254 e. The lowest BCUT2D eigenvalue weighted by Crippen LogP contribution is -2.49. The third kappa shape index (κ3) is 4.38. The molecule has 1 unspecified atom stereocenters. The molecular formula is C21H30N2O4. The minimum absolute atomic E-state index is 0.0406. The topological polar surface area (TPSA) is 60.0 Å². The maximum atomic E-state index is 13.0. The molecule has 0 aromatic heterocycles. The minimum Gasteiger partial charge on any atom is -0.489 e. The van der Waals surface area contributed by atoms with E-state index in [0.717, 1.165) is 24.0 Å².